The van der Waals surface area contributed by atoms with E-state index in [1.165, 1.54) is 7.11 Å². The van der Waals surface area contributed by atoms with Crippen LogP contribution in [-0.4, -0.2) is 34.9 Å². The molecule has 0 amide bonds. The van der Waals surface area contributed by atoms with E-state index in [1.807, 2.05) is 24.0 Å². The van der Waals surface area contributed by atoms with Gasteiger partial charge in [0.1, 0.15) is 5.54 Å². The van der Waals surface area contributed by atoms with Gasteiger partial charge in [-0.05, 0) is 55.3 Å². The molecule has 5 nitrogen and oxygen atoms in total. The first-order valence-corrected chi connectivity index (χ1v) is 7.61. The molecule has 6 heteroatoms. The Hall–Kier alpha value is -0.630. The normalized spacial score (nSPS) is 14.1. The SMILES string of the molecule is CCCNC(C)(CCCn1cc(I)cn1)C(=O)OC. The van der Waals surface area contributed by atoms with Crippen LogP contribution in [0.15, 0.2) is 12.4 Å². The van der Waals surface area contributed by atoms with Crippen molar-refractivity contribution >= 4 is 28.6 Å². The molecule has 0 aliphatic carbocycles. The number of rotatable bonds is 8. The van der Waals surface area contributed by atoms with Gasteiger partial charge < -0.3 is 10.1 Å². The van der Waals surface area contributed by atoms with Gasteiger partial charge in [0.2, 0.25) is 0 Å². The van der Waals surface area contributed by atoms with Gasteiger partial charge in [-0.3, -0.25) is 9.48 Å². The fourth-order valence-corrected chi connectivity index (χ4v) is 2.39. The molecule has 1 N–H and O–H groups in total. The Balaban J connectivity index is 2.50. The Morgan fingerprint density at radius 1 is 1.63 bits per heavy atom. The number of esters is 1. The van der Waals surface area contributed by atoms with Crippen molar-refractivity contribution in [3.8, 4) is 0 Å². The van der Waals surface area contributed by atoms with Crippen LogP contribution in [0, 0.1) is 3.57 Å². The Labute approximate surface area is 128 Å². The molecule has 1 heterocycles. The molecule has 1 unspecified atom stereocenters. The zero-order valence-corrected chi connectivity index (χ0v) is 13.9. The maximum atomic E-state index is 11.9. The molecule has 1 rings (SSSR count). The predicted molar refractivity (Wildman–Crippen MR) is 82.9 cm³/mol. The minimum atomic E-state index is -0.606. The summed E-state index contributed by atoms with van der Waals surface area (Å²) >= 11 is 2.23. The number of aromatic nitrogens is 2. The molecule has 0 saturated heterocycles. The van der Waals surface area contributed by atoms with E-state index in [4.69, 9.17) is 4.74 Å². The quantitative estimate of drug-likeness (QED) is 0.556. The molecule has 0 saturated carbocycles. The Kier molecular flexibility index (Phi) is 6.78. The molecule has 0 aromatic carbocycles. The van der Waals surface area contributed by atoms with Gasteiger partial charge in [-0.1, -0.05) is 6.92 Å². The highest BCUT2D eigenvalue weighted by molar-refractivity contribution is 14.1. The van der Waals surface area contributed by atoms with Crippen LogP contribution >= 0.6 is 22.6 Å². The number of ether oxygens (including phenoxy) is 1. The highest BCUT2D eigenvalue weighted by Gasteiger charge is 2.32. The van der Waals surface area contributed by atoms with Gasteiger partial charge in [-0.25, -0.2) is 0 Å². The summed E-state index contributed by atoms with van der Waals surface area (Å²) in [7, 11) is 1.43. The van der Waals surface area contributed by atoms with E-state index >= 15 is 0 Å². The molecular formula is C13H22IN3O2. The molecule has 1 aromatic rings. The second-order valence-electron chi connectivity index (χ2n) is 4.78. The Bertz CT molecular complexity index is 408. The summed E-state index contributed by atoms with van der Waals surface area (Å²) in [6.07, 6.45) is 6.42. The lowest BCUT2D eigenvalue weighted by Crippen LogP contribution is -2.50. The maximum Gasteiger partial charge on any atom is 0.325 e. The van der Waals surface area contributed by atoms with Crippen LogP contribution < -0.4 is 5.32 Å². The summed E-state index contributed by atoms with van der Waals surface area (Å²) in [5.74, 6) is -0.198. The summed E-state index contributed by atoms with van der Waals surface area (Å²) in [5.41, 5.74) is -0.606. The lowest BCUT2D eigenvalue weighted by molar-refractivity contribution is -0.148. The Morgan fingerprint density at radius 2 is 2.37 bits per heavy atom. The van der Waals surface area contributed by atoms with Crippen molar-refractivity contribution in [2.24, 2.45) is 0 Å². The van der Waals surface area contributed by atoms with E-state index in [1.54, 1.807) is 0 Å². The summed E-state index contributed by atoms with van der Waals surface area (Å²) in [4.78, 5) is 11.9. The lowest BCUT2D eigenvalue weighted by Gasteiger charge is -2.28. The van der Waals surface area contributed by atoms with Gasteiger partial charge >= 0.3 is 5.97 Å². The van der Waals surface area contributed by atoms with Crippen LogP contribution in [0.4, 0.5) is 0 Å². The molecule has 0 bridgehead atoms. The third-order valence-corrected chi connectivity index (χ3v) is 3.62. The van der Waals surface area contributed by atoms with E-state index in [-0.39, 0.29) is 5.97 Å². The predicted octanol–water partition coefficient (Wildman–Crippen LogP) is 2.20. The van der Waals surface area contributed by atoms with Crippen LogP contribution in [0.1, 0.15) is 33.1 Å². The van der Waals surface area contributed by atoms with E-state index in [2.05, 4.69) is 39.9 Å². The number of hydrogen-bond acceptors (Lipinski definition) is 4. The molecule has 0 aliphatic rings. The zero-order valence-electron chi connectivity index (χ0n) is 11.8. The fraction of sp³-hybridized carbons (Fsp3) is 0.692. The molecule has 0 spiro atoms. The average molecular weight is 379 g/mol. The van der Waals surface area contributed by atoms with Crippen molar-refractivity contribution in [2.45, 2.75) is 45.2 Å². The molecule has 0 radical (unpaired) electrons. The summed E-state index contributed by atoms with van der Waals surface area (Å²) in [6, 6.07) is 0. The summed E-state index contributed by atoms with van der Waals surface area (Å²) < 4.78 is 7.92. The van der Waals surface area contributed by atoms with Crippen LogP contribution in [0.25, 0.3) is 0 Å². The van der Waals surface area contributed by atoms with Gasteiger partial charge in [-0.2, -0.15) is 5.10 Å². The number of nitrogens with one attached hydrogen (secondary N) is 1. The topological polar surface area (TPSA) is 56.2 Å². The smallest absolute Gasteiger partial charge is 0.325 e. The largest absolute Gasteiger partial charge is 0.468 e. The first-order valence-electron chi connectivity index (χ1n) is 6.53. The van der Waals surface area contributed by atoms with Crippen LogP contribution in [-0.2, 0) is 16.1 Å². The van der Waals surface area contributed by atoms with E-state index < -0.39 is 5.54 Å². The standard InChI is InChI=1S/C13H22IN3O2/c1-4-7-15-13(2,12(18)19-3)6-5-8-17-10-11(14)9-16-17/h9-10,15H,4-8H2,1-3H3. The molecule has 1 atom stereocenters. The highest BCUT2D eigenvalue weighted by Crippen LogP contribution is 2.15. The van der Waals surface area contributed by atoms with Crippen LogP contribution in [0.2, 0.25) is 0 Å². The molecular weight excluding hydrogens is 357 g/mol. The van der Waals surface area contributed by atoms with Crippen LogP contribution in [0.3, 0.4) is 0 Å². The number of carbonyl (C=O) groups excluding carboxylic acids is 1. The third-order valence-electron chi connectivity index (χ3n) is 3.07. The van der Waals surface area contributed by atoms with Gasteiger partial charge in [0.15, 0.2) is 0 Å². The number of methoxy groups -OCH3 is 1. The number of hydrogen-bond donors (Lipinski definition) is 1. The van der Waals surface area contributed by atoms with Crippen molar-refractivity contribution in [1.29, 1.82) is 0 Å². The van der Waals surface area contributed by atoms with Crippen molar-refractivity contribution < 1.29 is 9.53 Å². The summed E-state index contributed by atoms with van der Waals surface area (Å²) in [6.45, 7) is 5.60. The maximum absolute atomic E-state index is 11.9. The summed E-state index contributed by atoms with van der Waals surface area (Å²) in [5, 5.41) is 7.52. The number of carbonyl (C=O) groups is 1. The number of halogens is 1. The van der Waals surface area contributed by atoms with Crippen molar-refractivity contribution in [2.75, 3.05) is 13.7 Å². The van der Waals surface area contributed by atoms with Gasteiger partial charge in [0, 0.05) is 12.7 Å². The fourth-order valence-electron chi connectivity index (χ4n) is 1.94. The zero-order chi connectivity index (χ0) is 14.3. The number of aryl methyl sites for hydroxylation is 1. The second kappa shape index (κ2) is 7.84. The minimum absolute atomic E-state index is 0.198. The molecule has 19 heavy (non-hydrogen) atoms. The highest BCUT2D eigenvalue weighted by atomic mass is 127. The lowest BCUT2D eigenvalue weighted by atomic mass is 9.95. The Morgan fingerprint density at radius 3 is 2.89 bits per heavy atom. The van der Waals surface area contributed by atoms with E-state index in [9.17, 15) is 4.79 Å². The molecule has 1 aromatic heterocycles. The monoisotopic (exact) mass is 379 g/mol. The van der Waals surface area contributed by atoms with Crippen molar-refractivity contribution in [3.63, 3.8) is 0 Å². The second-order valence-corrected chi connectivity index (χ2v) is 6.02. The first kappa shape index (κ1) is 16.4. The number of nitrogens with zero attached hydrogens (tertiary/aromatic N) is 2. The van der Waals surface area contributed by atoms with Gasteiger partial charge in [0.25, 0.3) is 0 Å². The van der Waals surface area contributed by atoms with Crippen molar-refractivity contribution in [1.82, 2.24) is 15.1 Å². The van der Waals surface area contributed by atoms with Gasteiger partial charge in [-0.15, -0.1) is 0 Å². The van der Waals surface area contributed by atoms with E-state index in [0.29, 0.717) is 0 Å². The molecule has 0 aliphatic heterocycles. The van der Waals surface area contributed by atoms with Crippen molar-refractivity contribution in [3.05, 3.63) is 16.0 Å². The molecule has 0 fully saturated rings. The van der Waals surface area contributed by atoms with Crippen LogP contribution in [0.5, 0.6) is 0 Å². The average Bonchev–Trinajstić information content (AvgIpc) is 2.81. The van der Waals surface area contributed by atoms with Gasteiger partial charge in [0.05, 0.1) is 16.9 Å². The minimum Gasteiger partial charge on any atom is -0.468 e. The molecule has 108 valence electrons. The third kappa shape index (κ3) is 5.10. The van der Waals surface area contributed by atoms with E-state index in [0.717, 1.165) is 35.9 Å². The first-order chi connectivity index (χ1) is 9.01.